The molecule has 0 aliphatic carbocycles. The van der Waals surface area contributed by atoms with Crippen LogP contribution in [0, 0.1) is 0 Å². The van der Waals surface area contributed by atoms with E-state index in [4.69, 9.17) is 4.74 Å². The van der Waals surface area contributed by atoms with Crippen LogP contribution in [0.4, 0.5) is 0 Å². The van der Waals surface area contributed by atoms with Crippen LogP contribution in [-0.4, -0.2) is 52.8 Å². The average Bonchev–Trinajstić information content (AvgIpc) is 2.70. The lowest BCUT2D eigenvalue weighted by molar-refractivity contribution is -1.02. The molecule has 1 fully saturated rings. The fraction of sp³-hybridized carbons (Fsp3) is 0.381. The zero-order valence-electron chi connectivity index (χ0n) is 15.6. The third kappa shape index (κ3) is 4.62. The van der Waals surface area contributed by atoms with Gasteiger partial charge in [0.25, 0.3) is 5.91 Å². The van der Waals surface area contributed by atoms with E-state index in [9.17, 15) is 4.79 Å². The molecule has 5 nitrogen and oxygen atoms in total. The van der Waals surface area contributed by atoms with E-state index in [1.54, 1.807) is 12.0 Å². The van der Waals surface area contributed by atoms with Crippen molar-refractivity contribution in [3.63, 3.8) is 0 Å². The minimum Gasteiger partial charge on any atom is -0.497 e. The van der Waals surface area contributed by atoms with Crippen LogP contribution in [0.5, 0.6) is 5.75 Å². The van der Waals surface area contributed by atoms with E-state index in [0.717, 1.165) is 31.9 Å². The summed E-state index contributed by atoms with van der Waals surface area (Å²) >= 11 is 0. The van der Waals surface area contributed by atoms with Crippen LogP contribution in [0.3, 0.4) is 0 Å². The van der Waals surface area contributed by atoms with Crippen molar-refractivity contribution < 1.29 is 19.3 Å². The van der Waals surface area contributed by atoms with Gasteiger partial charge in [-0.3, -0.25) is 4.79 Å². The van der Waals surface area contributed by atoms with E-state index in [1.165, 1.54) is 10.5 Å². The van der Waals surface area contributed by atoms with Gasteiger partial charge in [0.1, 0.15) is 38.0 Å². The minimum absolute atomic E-state index is 0.0109. The van der Waals surface area contributed by atoms with E-state index in [-0.39, 0.29) is 11.9 Å². The van der Waals surface area contributed by atoms with Crippen LogP contribution in [-0.2, 0) is 0 Å². The number of hydrogen-bond acceptors (Lipinski definition) is 2. The lowest BCUT2D eigenvalue weighted by Crippen LogP contribution is -3.27. The number of carbonyl (C=O) groups excluding carboxylic acids is 1. The molecule has 0 unspecified atom stereocenters. The number of benzene rings is 2. The summed E-state index contributed by atoms with van der Waals surface area (Å²) in [5, 5.41) is 3.14. The fourth-order valence-electron chi connectivity index (χ4n) is 3.57. The number of ether oxygens (including phenoxy) is 1. The van der Waals surface area contributed by atoms with Crippen molar-refractivity contribution >= 4 is 5.91 Å². The zero-order valence-corrected chi connectivity index (χ0v) is 15.6. The second-order valence-corrected chi connectivity index (χ2v) is 7.02. The average molecular weight is 355 g/mol. The molecule has 5 heteroatoms. The van der Waals surface area contributed by atoms with Gasteiger partial charge < -0.3 is 19.9 Å². The van der Waals surface area contributed by atoms with Crippen LogP contribution in [0.15, 0.2) is 54.6 Å². The zero-order chi connectivity index (χ0) is 18.4. The smallest absolute Gasteiger partial charge is 0.251 e. The Hall–Kier alpha value is -2.37. The molecule has 138 valence electrons. The molecule has 2 aromatic carbocycles. The first kappa shape index (κ1) is 18.4. The quantitative estimate of drug-likeness (QED) is 0.659. The molecule has 1 aliphatic rings. The molecule has 26 heavy (non-hydrogen) atoms. The highest BCUT2D eigenvalue weighted by Crippen LogP contribution is 2.16. The predicted molar refractivity (Wildman–Crippen MR) is 102 cm³/mol. The van der Waals surface area contributed by atoms with E-state index < -0.39 is 0 Å². The number of likely N-dealkylation sites (N-methyl/N-ethyl adjacent to an activating group) is 1. The lowest BCUT2D eigenvalue weighted by Gasteiger charge is -2.33. The SMILES string of the molecule is COc1ccc([C@H](CNC(=O)c2ccccc2)[NH+]2CC[NH+](C)CC2)cc1. The summed E-state index contributed by atoms with van der Waals surface area (Å²) in [6.45, 7) is 5.19. The second kappa shape index (κ2) is 8.83. The Kier molecular flexibility index (Phi) is 6.26. The van der Waals surface area contributed by atoms with Gasteiger partial charge >= 0.3 is 0 Å². The number of quaternary nitrogens is 2. The van der Waals surface area contributed by atoms with Crippen molar-refractivity contribution in [2.45, 2.75) is 6.04 Å². The van der Waals surface area contributed by atoms with Crippen molar-refractivity contribution in [1.82, 2.24) is 5.32 Å². The van der Waals surface area contributed by atoms with Crippen LogP contribution in [0.1, 0.15) is 22.0 Å². The van der Waals surface area contributed by atoms with Gasteiger partial charge in [0.15, 0.2) is 0 Å². The van der Waals surface area contributed by atoms with E-state index in [1.807, 2.05) is 42.5 Å². The van der Waals surface area contributed by atoms with Crippen LogP contribution >= 0.6 is 0 Å². The van der Waals surface area contributed by atoms with E-state index in [2.05, 4.69) is 24.5 Å². The Morgan fingerprint density at radius 3 is 2.31 bits per heavy atom. The molecule has 0 radical (unpaired) electrons. The first-order valence-electron chi connectivity index (χ1n) is 9.30. The number of piperazine rings is 1. The van der Waals surface area contributed by atoms with Gasteiger partial charge in [-0.25, -0.2) is 0 Å². The predicted octanol–water partition coefficient (Wildman–Crippen LogP) is -0.420. The molecule has 0 spiro atoms. The Bertz CT molecular complexity index is 695. The molecule has 2 aromatic rings. The number of amides is 1. The summed E-state index contributed by atoms with van der Waals surface area (Å²) in [6, 6.07) is 17.9. The lowest BCUT2D eigenvalue weighted by atomic mass is 10.0. The number of rotatable bonds is 6. The monoisotopic (exact) mass is 355 g/mol. The molecule has 0 bridgehead atoms. The number of nitrogens with one attached hydrogen (secondary N) is 3. The van der Waals surface area contributed by atoms with Crippen LogP contribution in [0.25, 0.3) is 0 Å². The van der Waals surface area contributed by atoms with Crippen molar-refractivity contribution in [2.24, 2.45) is 0 Å². The molecule has 1 atom stereocenters. The maximum atomic E-state index is 12.5. The molecule has 0 aromatic heterocycles. The van der Waals surface area contributed by atoms with Crippen LogP contribution in [0.2, 0.25) is 0 Å². The van der Waals surface area contributed by atoms with Crippen molar-refractivity contribution in [3.8, 4) is 5.75 Å². The standard InChI is InChI=1S/C21H27N3O2/c1-23-12-14-24(15-13-23)20(17-8-10-19(26-2)11-9-17)16-22-21(25)18-6-4-3-5-7-18/h3-11,20H,12-16H2,1-2H3,(H,22,25)/p+2/t20-/m0/s1. The van der Waals surface area contributed by atoms with Crippen molar-refractivity contribution in [3.05, 3.63) is 65.7 Å². The van der Waals surface area contributed by atoms with Gasteiger partial charge in [-0.05, 0) is 36.4 Å². The summed E-state index contributed by atoms with van der Waals surface area (Å²) in [4.78, 5) is 15.6. The molecule has 3 rings (SSSR count). The topological polar surface area (TPSA) is 47.2 Å². The van der Waals surface area contributed by atoms with Gasteiger partial charge in [0.2, 0.25) is 0 Å². The number of methoxy groups -OCH3 is 1. The highest BCUT2D eigenvalue weighted by atomic mass is 16.5. The largest absolute Gasteiger partial charge is 0.497 e. The molecule has 1 aliphatic heterocycles. The Morgan fingerprint density at radius 2 is 1.69 bits per heavy atom. The summed E-state index contributed by atoms with van der Waals surface area (Å²) in [5.74, 6) is 0.849. The van der Waals surface area contributed by atoms with Gasteiger partial charge in [-0.1, -0.05) is 18.2 Å². The Labute approximate surface area is 155 Å². The molecular formula is C21H29N3O2+2. The van der Waals surface area contributed by atoms with Crippen LogP contribution < -0.4 is 19.9 Å². The molecule has 1 saturated heterocycles. The fourth-order valence-corrected chi connectivity index (χ4v) is 3.57. The highest BCUT2D eigenvalue weighted by Gasteiger charge is 2.29. The van der Waals surface area contributed by atoms with Gasteiger partial charge in [-0.15, -0.1) is 0 Å². The van der Waals surface area contributed by atoms with E-state index in [0.29, 0.717) is 12.1 Å². The summed E-state index contributed by atoms with van der Waals surface area (Å²) < 4.78 is 5.28. The summed E-state index contributed by atoms with van der Waals surface area (Å²) in [6.07, 6.45) is 0. The normalized spacial score (nSPS) is 21.0. The molecule has 0 saturated carbocycles. The molecular weight excluding hydrogens is 326 g/mol. The molecule has 1 heterocycles. The maximum Gasteiger partial charge on any atom is 0.251 e. The Morgan fingerprint density at radius 1 is 1.04 bits per heavy atom. The molecule has 1 amide bonds. The minimum atomic E-state index is -0.0109. The third-order valence-electron chi connectivity index (χ3n) is 5.26. The van der Waals surface area contributed by atoms with Crippen molar-refractivity contribution in [2.75, 3.05) is 46.9 Å². The van der Waals surface area contributed by atoms with Gasteiger partial charge in [0.05, 0.1) is 20.7 Å². The highest BCUT2D eigenvalue weighted by molar-refractivity contribution is 5.94. The Balaban J connectivity index is 1.72. The van der Waals surface area contributed by atoms with Crippen molar-refractivity contribution in [1.29, 1.82) is 0 Å². The second-order valence-electron chi connectivity index (χ2n) is 7.02. The summed E-state index contributed by atoms with van der Waals surface area (Å²) in [5.41, 5.74) is 1.95. The van der Waals surface area contributed by atoms with Gasteiger partial charge in [-0.2, -0.15) is 0 Å². The third-order valence-corrected chi connectivity index (χ3v) is 5.26. The number of carbonyl (C=O) groups is 1. The molecule has 3 N–H and O–H groups in total. The maximum absolute atomic E-state index is 12.5. The number of hydrogen-bond donors (Lipinski definition) is 3. The van der Waals surface area contributed by atoms with Gasteiger partial charge in [0, 0.05) is 11.1 Å². The van der Waals surface area contributed by atoms with E-state index >= 15 is 0 Å². The summed E-state index contributed by atoms with van der Waals surface area (Å²) in [7, 11) is 3.93. The first-order valence-corrected chi connectivity index (χ1v) is 9.30. The first-order chi connectivity index (χ1) is 12.7.